The van der Waals surface area contributed by atoms with Crippen molar-refractivity contribution >= 4 is 18.4 Å². The molecule has 2 aromatic heterocycles. The van der Waals surface area contributed by atoms with Crippen LogP contribution in [0.1, 0.15) is 23.2 Å². The third-order valence-corrected chi connectivity index (χ3v) is 4.38. The summed E-state index contributed by atoms with van der Waals surface area (Å²) in [5, 5.41) is 19.1. The van der Waals surface area contributed by atoms with Crippen molar-refractivity contribution in [3.05, 3.63) is 45.9 Å². The van der Waals surface area contributed by atoms with Crippen molar-refractivity contribution in [2.24, 2.45) is 5.10 Å². The molecule has 0 fully saturated rings. The Bertz CT molecular complexity index is 967. The number of ether oxygens (including phenoxy) is 1. The summed E-state index contributed by atoms with van der Waals surface area (Å²) in [6.07, 6.45) is 4.86. The van der Waals surface area contributed by atoms with Gasteiger partial charge in [0.15, 0.2) is 0 Å². The topological polar surface area (TPSA) is 83.9 Å². The smallest absolute Gasteiger partial charge is 0.216 e. The quantitative estimate of drug-likeness (QED) is 0.565. The van der Waals surface area contributed by atoms with Crippen LogP contribution in [0.4, 0.5) is 0 Å². The second-order valence-electron chi connectivity index (χ2n) is 5.53. The van der Waals surface area contributed by atoms with E-state index < -0.39 is 0 Å². The Morgan fingerprint density at radius 3 is 3.00 bits per heavy atom. The summed E-state index contributed by atoms with van der Waals surface area (Å²) in [5.41, 5.74) is 4.06. The third kappa shape index (κ3) is 2.44. The Hall–Kier alpha value is -2.74. The predicted octanol–water partition coefficient (Wildman–Crippen LogP) is 2.71. The zero-order chi connectivity index (χ0) is 16.5. The van der Waals surface area contributed by atoms with E-state index in [9.17, 15) is 0 Å². The van der Waals surface area contributed by atoms with Crippen molar-refractivity contribution < 1.29 is 4.74 Å². The number of hydrogen-bond acceptors (Lipinski definition) is 5. The fourth-order valence-electron chi connectivity index (χ4n) is 2.95. The van der Waals surface area contributed by atoms with Gasteiger partial charge >= 0.3 is 0 Å². The maximum atomic E-state index is 5.34. The van der Waals surface area contributed by atoms with Crippen LogP contribution in [-0.4, -0.2) is 38.4 Å². The first-order valence-electron chi connectivity index (χ1n) is 7.69. The number of aromatic nitrogens is 5. The predicted molar refractivity (Wildman–Crippen MR) is 93.0 cm³/mol. The van der Waals surface area contributed by atoms with Gasteiger partial charge in [0, 0.05) is 16.8 Å². The van der Waals surface area contributed by atoms with Crippen molar-refractivity contribution in [3.63, 3.8) is 0 Å². The molecule has 1 aliphatic rings. The molecule has 4 rings (SSSR count). The summed E-state index contributed by atoms with van der Waals surface area (Å²) >= 11 is 5.31. The number of benzene rings is 1. The fourth-order valence-corrected chi connectivity index (χ4v) is 3.13. The first-order valence-corrected chi connectivity index (χ1v) is 8.10. The number of H-pyrrole nitrogens is 2. The molecule has 0 amide bonds. The number of fused-ring (bicyclic) bond motifs is 1. The van der Waals surface area contributed by atoms with Gasteiger partial charge in [-0.3, -0.25) is 5.10 Å². The highest BCUT2D eigenvalue weighted by Crippen LogP contribution is 2.29. The minimum absolute atomic E-state index is 0.422. The van der Waals surface area contributed by atoms with E-state index in [1.807, 2.05) is 24.3 Å². The van der Waals surface area contributed by atoms with Crippen molar-refractivity contribution in [2.75, 3.05) is 7.11 Å². The summed E-state index contributed by atoms with van der Waals surface area (Å²) in [7, 11) is 1.63. The number of rotatable bonds is 4. The lowest BCUT2D eigenvalue weighted by molar-refractivity contribution is 0.414. The van der Waals surface area contributed by atoms with Gasteiger partial charge in [-0.05, 0) is 43.6 Å². The molecular formula is C16H16N6OS. The number of hydrogen-bond donors (Lipinski definition) is 2. The molecule has 0 radical (unpaired) electrons. The summed E-state index contributed by atoms with van der Waals surface area (Å²) in [4.78, 5) is 0. The lowest BCUT2D eigenvalue weighted by Crippen LogP contribution is -1.98. The molecule has 7 nitrogen and oxygen atoms in total. The molecule has 0 aliphatic heterocycles. The highest BCUT2D eigenvalue weighted by atomic mass is 32.1. The second kappa shape index (κ2) is 6.04. The number of para-hydroxylation sites is 1. The molecule has 0 unspecified atom stereocenters. The van der Waals surface area contributed by atoms with E-state index in [1.165, 1.54) is 11.3 Å². The Labute approximate surface area is 143 Å². The van der Waals surface area contributed by atoms with Crippen molar-refractivity contribution in [1.82, 2.24) is 25.1 Å². The standard InChI is InChI=1S/C16H16N6OS/c1-23-13-8-3-2-5-10(13)9-17-22-15(20-21-16(22)24)14-11-6-4-7-12(11)18-19-14/h2-3,5,8-9H,4,6-7H2,1H3,(H,18,19)(H,21,24). The number of aryl methyl sites for hydroxylation is 1. The fraction of sp³-hybridized carbons (Fsp3) is 0.250. The monoisotopic (exact) mass is 340 g/mol. The van der Waals surface area contributed by atoms with Gasteiger partial charge in [0.25, 0.3) is 0 Å². The maximum absolute atomic E-state index is 5.34. The molecule has 122 valence electrons. The van der Waals surface area contributed by atoms with Gasteiger partial charge in [-0.1, -0.05) is 12.1 Å². The number of nitrogens with one attached hydrogen (secondary N) is 2. The molecule has 0 bridgehead atoms. The second-order valence-corrected chi connectivity index (χ2v) is 5.92. The Kier molecular flexibility index (Phi) is 3.73. The van der Waals surface area contributed by atoms with Gasteiger partial charge in [0.1, 0.15) is 11.4 Å². The van der Waals surface area contributed by atoms with E-state index in [4.69, 9.17) is 17.0 Å². The molecule has 8 heteroatoms. The zero-order valence-electron chi connectivity index (χ0n) is 13.1. The van der Waals surface area contributed by atoms with Crippen molar-refractivity contribution in [1.29, 1.82) is 0 Å². The molecule has 2 N–H and O–H groups in total. The Morgan fingerprint density at radius 2 is 2.12 bits per heavy atom. The lowest BCUT2D eigenvalue weighted by atomic mass is 10.2. The first-order chi connectivity index (χ1) is 11.8. The summed E-state index contributed by atoms with van der Waals surface area (Å²) in [6, 6.07) is 7.66. The number of nitrogens with zero attached hydrogens (tertiary/aromatic N) is 4. The van der Waals surface area contributed by atoms with Crippen LogP contribution in [0.25, 0.3) is 11.5 Å². The number of methoxy groups -OCH3 is 1. The van der Waals surface area contributed by atoms with E-state index in [0.717, 1.165) is 36.3 Å². The van der Waals surface area contributed by atoms with Crippen LogP contribution in [0.15, 0.2) is 29.4 Å². The summed E-state index contributed by atoms with van der Waals surface area (Å²) in [5.74, 6) is 1.36. The average Bonchev–Trinajstić information content (AvgIpc) is 3.29. The van der Waals surface area contributed by atoms with E-state index in [1.54, 1.807) is 18.0 Å². The third-order valence-electron chi connectivity index (χ3n) is 4.12. The maximum Gasteiger partial charge on any atom is 0.216 e. The molecule has 3 aromatic rings. The molecule has 24 heavy (non-hydrogen) atoms. The molecule has 2 heterocycles. The van der Waals surface area contributed by atoms with Crippen LogP contribution >= 0.6 is 12.2 Å². The SMILES string of the molecule is COc1ccccc1C=Nn1c(-c2n[nH]c3c2CCC3)n[nH]c1=S. The summed E-state index contributed by atoms with van der Waals surface area (Å²) < 4.78 is 7.36. The largest absolute Gasteiger partial charge is 0.496 e. The van der Waals surface area contributed by atoms with Crippen molar-refractivity contribution in [2.45, 2.75) is 19.3 Å². The van der Waals surface area contributed by atoms with E-state index >= 15 is 0 Å². The highest BCUT2D eigenvalue weighted by molar-refractivity contribution is 7.71. The molecule has 0 atom stereocenters. The van der Waals surface area contributed by atoms with E-state index in [2.05, 4.69) is 25.5 Å². The average molecular weight is 340 g/mol. The number of aromatic amines is 2. The van der Waals surface area contributed by atoms with Gasteiger partial charge in [-0.15, -0.1) is 0 Å². The Morgan fingerprint density at radius 1 is 1.25 bits per heavy atom. The molecule has 0 spiro atoms. The zero-order valence-corrected chi connectivity index (χ0v) is 13.9. The molecule has 1 aromatic carbocycles. The molecule has 1 aliphatic carbocycles. The van der Waals surface area contributed by atoms with Gasteiger partial charge in [-0.2, -0.15) is 20.0 Å². The summed E-state index contributed by atoms with van der Waals surface area (Å²) in [6.45, 7) is 0. The molecule has 0 saturated heterocycles. The van der Waals surface area contributed by atoms with Crippen LogP contribution in [0, 0.1) is 4.77 Å². The van der Waals surface area contributed by atoms with Gasteiger partial charge < -0.3 is 4.74 Å². The van der Waals surface area contributed by atoms with Crippen LogP contribution in [0.5, 0.6) is 5.75 Å². The molecular weight excluding hydrogens is 324 g/mol. The Balaban J connectivity index is 1.75. The van der Waals surface area contributed by atoms with E-state index in [-0.39, 0.29) is 0 Å². The van der Waals surface area contributed by atoms with Gasteiger partial charge in [-0.25, -0.2) is 5.10 Å². The minimum Gasteiger partial charge on any atom is -0.496 e. The molecule has 0 saturated carbocycles. The van der Waals surface area contributed by atoms with E-state index in [0.29, 0.717) is 10.6 Å². The minimum atomic E-state index is 0.422. The van der Waals surface area contributed by atoms with Crippen LogP contribution in [0.3, 0.4) is 0 Å². The van der Waals surface area contributed by atoms with Gasteiger partial charge in [0.05, 0.1) is 13.3 Å². The lowest BCUT2D eigenvalue weighted by Gasteiger charge is -2.03. The normalized spacial score (nSPS) is 13.5. The van der Waals surface area contributed by atoms with Crippen LogP contribution in [0.2, 0.25) is 0 Å². The van der Waals surface area contributed by atoms with Crippen LogP contribution in [-0.2, 0) is 12.8 Å². The first kappa shape index (κ1) is 14.8. The highest BCUT2D eigenvalue weighted by Gasteiger charge is 2.23. The van der Waals surface area contributed by atoms with Crippen LogP contribution < -0.4 is 4.74 Å². The van der Waals surface area contributed by atoms with Gasteiger partial charge in [0.2, 0.25) is 10.6 Å². The van der Waals surface area contributed by atoms with Crippen molar-refractivity contribution in [3.8, 4) is 17.3 Å².